The Morgan fingerprint density at radius 1 is 1.07 bits per heavy atom. The van der Waals surface area contributed by atoms with E-state index in [-0.39, 0.29) is 46.0 Å². The monoisotopic (exact) mass is 595 g/mol. The Labute approximate surface area is 245 Å². The normalized spacial score (nSPS) is 13.9. The highest BCUT2D eigenvalue weighted by atomic mass is 32.2. The van der Waals surface area contributed by atoms with Gasteiger partial charge in [0.2, 0.25) is 5.91 Å². The number of aryl methyl sites for hydroxylation is 2. The molecule has 3 aromatic rings. The molecule has 0 fully saturated rings. The van der Waals surface area contributed by atoms with Gasteiger partial charge in [-0.1, -0.05) is 30.0 Å². The van der Waals surface area contributed by atoms with Gasteiger partial charge in [-0.15, -0.1) is 11.3 Å². The van der Waals surface area contributed by atoms with Gasteiger partial charge in [0, 0.05) is 18.8 Å². The maximum atomic E-state index is 13.4. The van der Waals surface area contributed by atoms with Gasteiger partial charge in [-0.05, 0) is 51.5 Å². The average molecular weight is 596 g/mol. The number of amidine groups is 1. The molecule has 0 radical (unpaired) electrons. The summed E-state index contributed by atoms with van der Waals surface area (Å²) in [4.78, 5) is 57.8. The molecule has 11 nitrogen and oxygen atoms in total. The van der Waals surface area contributed by atoms with E-state index in [4.69, 9.17) is 9.47 Å². The van der Waals surface area contributed by atoms with Gasteiger partial charge in [0.05, 0.1) is 35.9 Å². The number of nitrogens with one attached hydrogen (secondary N) is 1. The number of aromatic nitrogens is 2. The number of esters is 2. The number of rotatable bonds is 9. The van der Waals surface area contributed by atoms with E-state index in [9.17, 15) is 19.2 Å². The first kappa shape index (κ1) is 29.7. The number of hydrogen-bond donors (Lipinski definition) is 1. The number of aliphatic imine (C=N–C) groups is 1. The Hall–Kier alpha value is -4.23. The SMILES string of the molecule is CCOC(=O)c1sc(NC(=O)CSC2=N/C(=C/c3cn(C)nc3C)C(=O)N2c2ccccc2)c(C(=O)OCC)c1C. The fourth-order valence-electron chi connectivity index (χ4n) is 4.04. The maximum absolute atomic E-state index is 13.4. The number of amides is 2. The van der Waals surface area contributed by atoms with Crippen LogP contribution < -0.4 is 10.2 Å². The van der Waals surface area contributed by atoms with E-state index >= 15 is 0 Å². The third-order valence-electron chi connectivity index (χ3n) is 5.86. The summed E-state index contributed by atoms with van der Waals surface area (Å²) in [6.07, 6.45) is 3.47. The number of carbonyl (C=O) groups is 4. The lowest BCUT2D eigenvalue weighted by atomic mass is 10.1. The van der Waals surface area contributed by atoms with Crippen molar-refractivity contribution >= 4 is 68.8 Å². The van der Waals surface area contributed by atoms with Crippen LogP contribution in [0.25, 0.3) is 6.08 Å². The Kier molecular flexibility index (Phi) is 9.40. The summed E-state index contributed by atoms with van der Waals surface area (Å²) in [7, 11) is 1.79. The van der Waals surface area contributed by atoms with Gasteiger partial charge in [0.25, 0.3) is 5.91 Å². The van der Waals surface area contributed by atoms with E-state index in [1.807, 2.05) is 25.1 Å². The third-order valence-corrected chi connectivity index (χ3v) is 7.99. The van der Waals surface area contributed by atoms with Crippen molar-refractivity contribution in [3.63, 3.8) is 0 Å². The predicted octanol–water partition coefficient (Wildman–Crippen LogP) is 4.57. The number of anilines is 2. The zero-order valence-electron chi connectivity index (χ0n) is 23.2. The summed E-state index contributed by atoms with van der Waals surface area (Å²) >= 11 is 2.02. The van der Waals surface area contributed by atoms with Gasteiger partial charge in [-0.2, -0.15) is 5.10 Å². The summed E-state index contributed by atoms with van der Waals surface area (Å²) in [5.41, 5.74) is 2.80. The lowest BCUT2D eigenvalue weighted by Gasteiger charge is -2.17. The molecule has 1 aliphatic rings. The van der Waals surface area contributed by atoms with Crippen molar-refractivity contribution in [2.45, 2.75) is 27.7 Å². The molecule has 0 atom stereocenters. The number of nitrogens with zero attached hydrogens (tertiary/aromatic N) is 4. The summed E-state index contributed by atoms with van der Waals surface area (Å²) in [5, 5.41) is 7.55. The predicted molar refractivity (Wildman–Crippen MR) is 159 cm³/mol. The van der Waals surface area contributed by atoms with E-state index in [1.165, 1.54) is 4.90 Å². The van der Waals surface area contributed by atoms with E-state index in [0.29, 0.717) is 16.4 Å². The molecule has 0 saturated carbocycles. The van der Waals surface area contributed by atoms with Crippen molar-refractivity contribution in [3.05, 3.63) is 69.5 Å². The Morgan fingerprint density at radius 3 is 2.39 bits per heavy atom. The fourth-order valence-corrected chi connectivity index (χ4v) is 5.96. The first-order valence-electron chi connectivity index (χ1n) is 12.7. The van der Waals surface area contributed by atoms with Crippen LogP contribution in [0.4, 0.5) is 10.7 Å². The van der Waals surface area contributed by atoms with Crippen LogP contribution in [-0.2, 0) is 26.1 Å². The summed E-state index contributed by atoms with van der Waals surface area (Å²) in [6.45, 7) is 7.09. The molecule has 0 saturated heterocycles. The number of para-hydroxylation sites is 1. The molecular formula is C28H29N5O6S2. The number of ether oxygens (including phenoxy) is 2. The molecule has 1 aliphatic heterocycles. The van der Waals surface area contributed by atoms with Crippen molar-refractivity contribution in [1.82, 2.24) is 9.78 Å². The third kappa shape index (κ3) is 6.57. The molecule has 1 aromatic carbocycles. The molecule has 0 spiro atoms. The molecule has 1 N–H and O–H groups in total. The van der Waals surface area contributed by atoms with Gasteiger partial charge in [-0.3, -0.25) is 19.2 Å². The van der Waals surface area contributed by atoms with Gasteiger partial charge in [0.15, 0.2) is 5.17 Å². The zero-order valence-corrected chi connectivity index (χ0v) is 24.9. The highest BCUT2D eigenvalue weighted by molar-refractivity contribution is 8.14. The van der Waals surface area contributed by atoms with Crippen molar-refractivity contribution in [2.75, 3.05) is 29.2 Å². The van der Waals surface area contributed by atoms with Crippen LogP contribution >= 0.6 is 23.1 Å². The van der Waals surface area contributed by atoms with Crippen LogP contribution in [0.2, 0.25) is 0 Å². The molecule has 2 aromatic heterocycles. The Bertz CT molecular complexity index is 1560. The van der Waals surface area contributed by atoms with Gasteiger partial charge < -0.3 is 14.8 Å². The first-order chi connectivity index (χ1) is 19.6. The minimum atomic E-state index is -0.652. The van der Waals surface area contributed by atoms with Crippen LogP contribution in [0.3, 0.4) is 0 Å². The van der Waals surface area contributed by atoms with Crippen LogP contribution in [0, 0.1) is 13.8 Å². The largest absolute Gasteiger partial charge is 0.462 e. The van der Waals surface area contributed by atoms with Crippen LogP contribution in [0.15, 0.2) is 47.2 Å². The standard InChI is InChI=1S/C28H29N5O6S2/c1-6-38-26(36)22-16(3)23(27(37)39-7-2)41-24(22)30-21(34)15-40-28-29-20(13-18-14-32(5)31-17(18)4)25(35)33(28)19-11-9-8-10-12-19/h8-14H,6-7,15H2,1-5H3,(H,30,34)/b20-13+. The number of hydrogen-bond acceptors (Lipinski definition) is 10. The van der Waals surface area contributed by atoms with E-state index in [0.717, 1.165) is 34.4 Å². The van der Waals surface area contributed by atoms with Crippen molar-refractivity contribution < 1.29 is 28.7 Å². The summed E-state index contributed by atoms with van der Waals surface area (Å²) in [6, 6.07) is 9.02. The topological polar surface area (TPSA) is 132 Å². The van der Waals surface area contributed by atoms with Crippen LogP contribution in [0.1, 0.15) is 50.7 Å². The molecule has 214 valence electrons. The minimum Gasteiger partial charge on any atom is -0.462 e. The molecule has 13 heteroatoms. The van der Waals surface area contributed by atoms with Crippen molar-refractivity contribution in [2.24, 2.45) is 12.0 Å². The smallest absolute Gasteiger partial charge is 0.348 e. The number of carbonyl (C=O) groups excluding carboxylic acids is 4. The quantitative estimate of drug-likeness (QED) is 0.281. The molecule has 0 bridgehead atoms. The lowest BCUT2D eigenvalue weighted by Crippen LogP contribution is -2.31. The molecule has 41 heavy (non-hydrogen) atoms. The first-order valence-corrected chi connectivity index (χ1v) is 14.5. The number of thiophene rings is 1. The fraction of sp³-hybridized carbons (Fsp3) is 0.286. The maximum Gasteiger partial charge on any atom is 0.348 e. The molecule has 0 unspecified atom stereocenters. The number of thioether (sulfide) groups is 1. The zero-order chi connectivity index (χ0) is 29.7. The van der Waals surface area contributed by atoms with Gasteiger partial charge >= 0.3 is 11.9 Å². The second-order valence-electron chi connectivity index (χ2n) is 8.78. The van der Waals surface area contributed by atoms with Crippen LogP contribution in [-0.4, -0.2) is 57.7 Å². The van der Waals surface area contributed by atoms with Crippen molar-refractivity contribution in [1.29, 1.82) is 0 Å². The van der Waals surface area contributed by atoms with Crippen LogP contribution in [0.5, 0.6) is 0 Å². The number of benzene rings is 1. The summed E-state index contributed by atoms with van der Waals surface area (Å²) in [5.74, 6) is -2.15. The Morgan fingerprint density at radius 2 is 1.76 bits per heavy atom. The lowest BCUT2D eigenvalue weighted by molar-refractivity contribution is -0.114. The molecular weight excluding hydrogens is 566 g/mol. The molecule has 3 heterocycles. The van der Waals surface area contributed by atoms with E-state index in [2.05, 4.69) is 15.4 Å². The molecule has 2 amide bonds. The van der Waals surface area contributed by atoms with Crippen molar-refractivity contribution in [3.8, 4) is 0 Å². The average Bonchev–Trinajstić information content (AvgIpc) is 3.55. The van der Waals surface area contributed by atoms with Gasteiger partial charge in [0.1, 0.15) is 15.6 Å². The van der Waals surface area contributed by atoms with E-state index < -0.39 is 17.8 Å². The minimum absolute atomic E-state index is 0.106. The highest BCUT2D eigenvalue weighted by Crippen LogP contribution is 2.35. The second-order valence-corrected chi connectivity index (χ2v) is 10.7. The summed E-state index contributed by atoms with van der Waals surface area (Å²) < 4.78 is 11.9. The van der Waals surface area contributed by atoms with E-state index in [1.54, 1.807) is 56.9 Å². The highest BCUT2D eigenvalue weighted by Gasteiger charge is 2.33. The second kappa shape index (κ2) is 13.0. The Balaban J connectivity index is 1.58. The molecule has 4 rings (SSSR count). The van der Waals surface area contributed by atoms with Gasteiger partial charge in [-0.25, -0.2) is 14.6 Å². The molecule has 0 aliphatic carbocycles.